The Morgan fingerprint density at radius 1 is 1.53 bits per heavy atom. The summed E-state index contributed by atoms with van der Waals surface area (Å²) >= 11 is 1.19. The number of halogens is 1. The number of nitrogens with zero attached hydrogens (tertiary/aromatic N) is 2. The molecule has 0 fully saturated rings. The van der Waals surface area contributed by atoms with Gasteiger partial charge in [0.25, 0.3) is 5.91 Å². The quantitative estimate of drug-likeness (QED) is 0.889. The van der Waals surface area contributed by atoms with E-state index in [1.54, 1.807) is 24.6 Å². The van der Waals surface area contributed by atoms with Gasteiger partial charge in [0.05, 0.1) is 0 Å². The van der Waals surface area contributed by atoms with Crippen molar-refractivity contribution in [1.82, 2.24) is 4.98 Å². The number of amides is 1. The molecule has 2 rings (SSSR count). The first-order valence-electron chi connectivity index (χ1n) is 4.82. The Morgan fingerprint density at radius 2 is 2.29 bits per heavy atom. The SMILES string of the molecule is CN(C(=O)c1csc(N)n1)c1cccc(F)c1. The van der Waals surface area contributed by atoms with Crippen molar-refractivity contribution in [2.45, 2.75) is 0 Å². The highest BCUT2D eigenvalue weighted by molar-refractivity contribution is 7.13. The zero-order valence-corrected chi connectivity index (χ0v) is 9.87. The summed E-state index contributed by atoms with van der Waals surface area (Å²) in [5, 5.41) is 1.91. The van der Waals surface area contributed by atoms with Crippen LogP contribution < -0.4 is 10.6 Å². The van der Waals surface area contributed by atoms with Crippen molar-refractivity contribution >= 4 is 28.1 Å². The summed E-state index contributed by atoms with van der Waals surface area (Å²) in [4.78, 5) is 17.2. The van der Waals surface area contributed by atoms with E-state index in [1.165, 1.54) is 28.4 Å². The van der Waals surface area contributed by atoms with Gasteiger partial charge in [-0.05, 0) is 18.2 Å². The summed E-state index contributed by atoms with van der Waals surface area (Å²) in [6, 6.07) is 5.80. The van der Waals surface area contributed by atoms with E-state index in [0.717, 1.165) is 0 Å². The molecule has 0 unspecified atom stereocenters. The van der Waals surface area contributed by atoms with Gasteiger partial charge in [-0.2, -0.15) is 0 Å². The number of benzene rings is 1. The topological polar surface area (TPSA) is 59.2 Å². The number of aromatic nitrogens is 1. The summed E-state index contributed by atoms with van der Waals surface area (Å²) in [5.74, 6) is -0.705. The van der Waals surface area contributed by atoms with E-state index in [-0.39, 0.29) is 17.4 Å². The van der Waals surface area contributed by atoms with Crippen LogP contribution in [0.5, 0.6) is 0 Å². The van der Waals surface area contributed by atoms with Crippen molar-refractivity contribution in [2.75, 3.05) is 17.7 Å². The van der Waals surface area contributed by atoms with Crippen LogP contribution >= 0.6 is 11.3 Å². The first-order chi connectivity index (χ1) is 8.08. The van der Waals surface area contributed by atoms with Gasteiger partial charge in [-0.15, -0.1) is 11.3 Å². The molecule has 1 amide bonds. The molecule has 1 aromatic heterocycles. The molecule has 0 radical (unpaired) electrons. The van der Waals surface area contributed by atoms with Crippen molar-refractivity contribution in [3.05, 3.63) is 41.2 Å². The fourth-order valence-electron chi connectivity index (χ4n) is 1.36. The molecule has 4 nitrogen and oxygen atoms in total. The molecule has 6 heteroatoms. The summed E-state index contributed by atoms with van der Waals surface area (Å²) in [7, 11) is 1.56. The Labute approximate surface area is 102 Å². The largest absolute Gasteiger partial charge is 0.375 e. The molecule has 88 valence electrons. The van der Waals surface area contributed by atoms with Crippen LogP contribution in [0.3, 0.4) is 0 Å². The molecule has 0 aliphatic rings. The van der Waals surface area contributed by atoms with Crippen molar-refractivity contribution in [1.29, 1.82) is 0 Å². The lowest BCUT2D eigenvalue weighted by atomic mass is 10.2. The molecule has 0 saturated heterocycles. The van der Waals surface area contributed by atoms with E-state index in [1.807, 2.05) is 0 Å². The molecule has 0 aliphatic carbocycles. The van der Waals surface area contributed by atoms with Crippen LogP contribution in [0.1, 0.15) is 10.5 Å². The number of hydrogen-bond acceptors (Lipinski definition) is 4. The first kappa shape index (κ1) is 11.5. The Kier molecular flexibility index (Phi) is 3.06. The van der Waals surface area contributed by atoms with Crippen LogP contribution in [0.15, 0.2) is 29.6 Å². The van der Waals surface area contributed by atoms with E-state index in [2.05, 4.69) is 4.98 Å². The van der Waals surface area contributed by atoms with Crippen molar-refractivity contribution < 1.29 is 9.18 Å². The molecule has 0 atom stereocenters. The van der Waals surface area contributed by atoms with Crippen LogP contribution in [0.4, 0.5) is 15.2 Å². The molecule has 2 aromatic rings. The lowest BCUT2D eigenvalue weighted by molar-refractivity contribution is 0.0989. The number of carbonyl (C=O) groups is 1. The monoisotopic (exact) mass is 251 g/mol. The van der Waals surface area contributed by atoms with E-state index in [9.17, 15) is 9.18 Å². The first-order valence-corrected chi connectivity index (χ1v) is 5.70. The molecule has 1 heterocycles. The zero-order chi connectivity index (χ0) is 12.4. The minimum Gasteiger partial charge on any atom is -0.375 e. The van der Waals surface area contributed by atoms with Gasteiger partial charge in [0.15, 0.2) is 5.13 Å². The summed E-state index contributed by atoms with van der Waals surface area (Å²) in [5.41, 5.74) is 6.19. The van der Waals surface area contributed by atoms with Gasteiger partial charge in [0, 0.05) is 18.1 Å². The predicted octanol–water partition coefficient (Wildman–Crippen LogP) is 2.14. The smallest absolute Gasteiger partial charge is 0.277 e. The van der Waals surface area contributed by atoms with Gasteiger partial charge in [0.1, 0.15) is 11.5 Å². The summed E-state index contributed by atoms with van der Waals surface area (Å²) in [6.45, 7) is 0. The number of rotatable bonds is 2. The molecular formula is C11H10FN3OS. The Morgan fingerprint density at radius 3 is 2.88 bits per heavy atom. The van der Waals surface area contributed by atoms with E-state index in [0.29, 0.717) is 10.8 Å². The fourth-order valence-corrected chi connectivity index (χ4v) is 1.90. The molecule has 0 aliphatic heterocycles. The standard InChI is InChI=1S/C11H10FN3OS/c1-15(8-4-2-3-7(12)5-8)10(16)9-6-17-11(13)14-9/h2-6H,1H3,(H2,13,14). The molecule has 2 N–H and O–H groups in total. The second-order valence-electron chi connectivity index (χ2n) is 3.42. The van der Waals surface area contributed by atoms with Crippen LogP contribution in [0.25, 0.3) is 0 Å². The van der Waals surface area contributed by atoms with Crippen LogP contribution in [0.2, 0.25) is 0 Å². The van der Waals surface area contributed by atoms with Gasteiger partial charge in [-0.25, -0.2) is 9.37 Å². The number of carbonyl (C=O) groups excluding carboxylic acids is 1. The Balaban J connectivity index is 2.26. The maximum Gasteiger partial charge on any atom is 0.277 e. The molecule has 0 spiro atoms. The highest BCUT2D eigenvalue weighted by Crippen LogP contribution is 2.18. The third-order valence-electron chi connectivity index (χ3n) is 2.24. The van der Waals surface area contributed by atoms with Gasteiger partial charge in [-0.1, -0.05) is 6.07 Å². The second-order valence-corrected chi connectivity index (χ2v) is 4.30. The lowest BCUT2D eigenvalue weighted by Crippen LogP contribution is -2.26. The van der Waals surface area contributed by atoms with E-state index < -0.39 is 0 Å². The van der Waals surface area contributed by atoms with Crippen LogP contribution in [0, 0.1) is 5.82 Å². The number of thiazole rings is 1. The number of nitrogen functional groups attached to an aromatic ring is 1. The van der Waals surface area contributed by atoms with E-state index >= 15 is 0 Å². The zero-order valence-electron chi connectivity index (χ0n) is 9.05. The second kappa shape index (κ2) is 4.50. The minimum atomic E-state index is -0.389. The number of anilines is 2. The number of hydrogen-bond donors (Lipinski definition) is 1. The lowest BCUT2D eigenvalue weighted by Gasteiger charge is -2.15. The maximum absolute atomic E-state index is 13.0. The highest BCUT2D eigenvalue weighted by atomic mass is 32.1. The Bertz CT molecular complexity index is 555. The van der Waals surface area contributed by atoms with Crippen LogP contribution in [-0.4, -0.2) is 17.9 Å². The summed E-state index contributed by atoms with van der Waals surface area (Å²) < 4.78 is 13.0. The van der Waals surface area contributed by atoms with Gasteiger partial charge < -0.3 is 10.6 Å². The average Bonchev–Trinajstić information content (AvgIpc) is 2.74. The average molecular weight is 251 g/mol. The Hall–Kier alpha value is -1.95. The third kappa shape index (κ3) is 2.42. The third-order valence-corrected chi connectivity index (χ3v) is 2.92. The van der Waals surface area contributed by atoms with Crippen molar-refractivity contribution in [3.63, 3.8) is 0 Å². The van der Waals surface area contributed by atoms with Crippen molar-refractivity contribution in [3.8, 4) is 0 Å². The van der Waals surface area contributed by atoms with Crippen molar-refractivity contribution in [2.24, 2.45) is 0 Å². The molecule has 0 bridgehead atoms. The normalized spacial score (nSPS) is 10.2. The van der Waals surface area contributed by atoms with Gasteiger partial charge in [-0.3, -0.25) is 4.79 Å². The molecule has 0 saturated carbocycles. The minimum absolute atomic E-state index is 0.263. The summed E-state index contributed by atoms with van der Waals surface area (Å²) in [6.07, 6.45) is 0. The van der Waals surface area contributed by atoms with Gasteiger partial charge >= 0.3 is 0 Å². The predicted molar refractivity (Wildman–Crippen MR) is 65.7 cm³/mol. The number of nitrogens with two attached hydrogens (primary N) is 1. The van der Waals surface area contributed by atoms with Crippen LogP contribution in [-0.2, 0) is 0 Å². The fraction of sp³-hybridized carbons (Fsp3) is 0.0909. The molecular weight excluding hydrogens is 241 g/mol. The molecule has 17 heavy (non-hydrogen) atoms. The molecule has 1 aromatic carbocycles. The van der Waals surface area contributed by atoms with E-state index in [4.69, 9.17) is 5.73 Å². The maximum atomic E-state index is 13.0. The highest BCUT2D eigenvalue weighted by Gasteiger charge is 2.16. The van der Waals surface area contributed by atoms with Gasteiger partial charge in [0.2, 0.25) is 0 Å².